The van der Waals surface area contributed by atoms with Crippen LogP contribution in [0.25, 0.3) is 44.5 Å². The minimum Gasteiger partial charge on any atom is -0.455 e. The molecule has 1 atom stereocenters. The second kappa shape index (κ2) is 16.0. The Hall–Kier alpha value is -4.61. The van der Waals surface area contributed by atoms with Gasteiger partial charge in [0, 0.05) is 0 Å². The Bertz CT molecular complexity index is 2450. The number of hydrogen-bond acceptors (Lipinski definition) is 0. The summed E-state index contributed by atoms with van der Waals surface area (Å²) >= 11 is 0. The van der Waals surface area contributed by atoms with Crippen molar-refractivity contribution in [2.75, 3.05) is 0 Å². The van der Waals surface area contributed by atoms with E-state index in [1.807, 2.05) is 0 Å². The smallest absolute Gasteiger partial charge is 0.250 e. The van der Waals surface area contributed by atoms with Crippen molar-refractivity contribution in [3.05, 3.63) is 164 Å². The van der Waals surface area contributed by atoms with Crippen LogP contribution in [0.3, 0.4) is 0 Å². The summed E-state index contributed by atoms with van der Waals surface area (Å²) in [4.78, 5) is 0. The Balaban J connectivity index is 1.66. The first-order valence-electron chi connectivity index (χ1n) is 20.2. The highest BCUT2D eigenvalue weighted by Gasteiger charge is 2.28. The maximum atomic E-state index is 2.41. The summed E-state index contributed by atoms with van der Waals surface area (Å²) < 4.78 is 4.77. The summed E-state index contributed by atoms with van der Waals surface area (Å²) in [6.07, 6.45) is 4.48. The molecule has 0 radical (unpaired) electrons. The molecule has 1 aromatic heterocycles. The fourth-order valence-corrected chi connectivity index (χ4v) is 15.9. The first kappa shape index (κ1) is 40.6. The number of imidazole rings is 1. The Morgan fingerprint density at radius 2 is 0.754 bits per heavy atom. The third kappa shape index (κ3) is 7.60. The zero-order valence-corrected chi connectivity index (χ0v) is 38.3. The SMILES string of the molecule is Cc1cc(C)c(-c2cccc(-c3c(C)cc(C)cc3C)c2[P-]P(c2c(-c3c(C)cc(C)cc3C)cccc2-c2c(C)cc(C)cc2C)c2n(C)cc[n+]2C)c(C)c1. The molecule has 2 nitrogen and oxygen atoms in total. The van der Waals surface area contributed by atoms with Gasteiger partial charge in [-0.1, -0.05) is 107 Å². The van der Waals surface area contributed by atoms with Gasteiger partial charge in [0.2, 0.25) is 5.57 Å². The summed E-state index contributed by atoms with van der Waals surface area (Å²) in [5.41, 5.74) is 27.9. The molecule has 0 aliphatic rings. The molecular formula is C53H58N2P2. The quantitative estimate of drug-likeness (QED) is 0.107. The average molecular weight is 785 g/mol. The number of aryl methyl sites for hydroxylation is 14. The third-order valence-electron chi connectivity index (χ3n) is 11.6. The van der Waals surface area contributed by atoms with Gasteiger partial charge in [-0.2, -0.15) is 5.30 Å². The van der Waals surface area contributed by atoms with Gasteiger partial charge in [0.05, 0.1) is 14.1 Å². The third-order valence-corrected chi connectivity index (χ3v) is 16.7. The molecule has 0 saturated carbocycles. The molecule has 6 aromatic carbocycles. The predicted molar refractivity (Wildman–Crippen MR) is 251 cm³/mol. The Morgan fingerprint density at radius 1 is 0.456 bits per heavy atom. The van der Waals surface area contributed by atoms with Crippen LogP contribution in [0.2, 0.25) is 0 Å². The Labute approximate surface area is 345 Å². The van der Waals surface area contributed by atoms with Gasteiger partial charge in [-0.25, -0.2) is 9.13 Å². The van der Waals surface area contributed by atoms with E-state index in [1.54, 1.807) is 0 Å². The Kier molecular flexibility index (Phi) is 11.4. The van der Waals surface area contributed by atoms with Crippen molar-refractivity contribution >= 4 is 32.1 Å². The summed E-state index contributed by atoms with van der Waals surface area (Å²) in [6, 6.07) is 33.1. The van der Waals surface area contributed by atoms with Gasteiger partial charge in [0.15, 0.2) is 0 Å². The molecule has 7 rings (SSSR count). The minimum atomic E-state index is -1.05. The van der Waals surface area contributed by atoms with Gasteiger partial charge in [-0.3, -0.25) is 0 Å². The van der Waals surface area contributed by atoms with Gasteiger partial charge in [0.1, 0.15) is 12.4 Å². The van der Waals surface area contributed by atoms with Crippen LogP contribution < -0.4 is 20.7 Å². The van der Waals surface area contributed by atoms with E-state index in [4.69, 9.17) is 0 Å². The molecule has 7 aromatic rings. The summed E-state index contributed by atoms with van der Waals surface area (Å²) in [6.45, 7) is 27.3. The first-order valence-corrected chi connectivity index (χ1v) is 23.1. The molecule has 4 heteroatoms. The van der Waals surface area contributed by atoms with Crippen molar-refractivity contribution in [1.29, 1.82) is 0 Å². The molecule has 57 heavy (non-hydrogen) atoms. The van der Waals surface area contributed by atoms with Crippen LogP contribution in [-0.4, -0.2) is 4.57 Å². The molecule has 0 aliphatic heterocycles. The van der Waals surface area contributed by atoms with Gasteiger partial charge < -0.3 is 8.27 Å². The molecule has 0 amide bonds. The highest BCUT2D eigenvalue weighted by Crippen LogP contribution is 2.58. The molecule has 0 spiro atoms. The summed E-state index contributed by atoms with van der Waals surface area (Å²) in [5, 5.41) is 2.83. The van der Waals surface area contributed by atoms with Crippen LogP contribution in [0.15, 0.2) is 97.3 Å². The van der Waals surface area contributed by atoms with E-state index in [0.717, 1.165) is 0 Å². The lowest BCUT2D eigenvalue weighted by Gasteiger charge is -2.38. The lowest BCUT2D eigenvalue weighted by molar-refractivity contribution is -0.652. The van der Waals surface area contributed by atoms with Crippen LogP contribution in [0.1, 0.15) is 66.8 Å². The lowest BCUT2D eigenvalue weighted by atomic mass is 9.89. The van der Waals surface area contributed by atoms with Crippen LogP contribution in [-0.2, 0) is 14.1 Å². The van der Waals surface area contributed by atoms with E-state index in [0.29, 0.717) is 0 Å². The Morgan fingerprint density at radius 3 is 1.05 bits per heavy atom. The van der Waals surface area contributed by atoms with E-state index in [1.165, 1.54) is 136 Å². The number of rotatable bonds is 8. The van der Waals surface area contributed by atoms with Crippen molar-refractivity contribution < 1.29 is 4.57 Å². The number of aromatic nitrogens is 2. The second-order valence-electron chi connectivity index (χ2n) is 16.7. The van der Waals surface area contributed by atoms with E-state index in [-0.39, 0.29) is 0 Å². The van der Waals surface area contributed by atoms with Crippen molar-refractivity contribution in [2.24, 2.45) is 14.1 Å². The molecule has 0 saturated heterocycles. The second-order valence-corrected chi connectivity index (χ2v) is 20.6. The number of nitrogens with zero attached hydrogens (tertiary/aromatic N) is 2. The maximum absolute atomic E-state index is 2.41. The average Bonchev–Trinajstić information content (AvgIpc) is 3.43. The van der Waals surface area contributed by atoms with E-state index < -0.39 is 7.61 Å². The first-order chi connectivity index (χ1) is 27.0. The van der Waals surface area contributed by atoms with E-state index >= 15 is 0 Å². The van der Waals surface area contributed by atoms with Gasteiger partial charge >= 0.3 is 0 Å². The van der Waals surface area contributed by atoms with Crippen LogP contribution in [0.4, 0.5) is 0 Å². The highest BCUT2D eigenvalue weighted by molar-refractivity contribution is 8.31. The highest BCUT2D eigenvalue weighted by atomic mass is 32.0. The van der Waals surface area contributed by atoms with Crippen molar-refractivity contribution in [3.63, 3.8) is 0 Å². The van der Waals surface area contributed by atoms with Crippen LogP contribution in [0, 0.1) is 83.1 Å². The van der Waals surface area contributed by atoms with Crippen molar-refractivity contribution in [2.45, 2.75) is 83.1 Å². The molecule has 0 aliphatic carbocycles. The van der Waals surface area contributed by atoms with E-state index in [9.17, 15) is 0 Å². The van der Waals surface area contributed by atoms with Crippen molar-refractivity contribution in [1.82, 2.24) is 4.57 Å². The van der Waals surface area contributed by atoms with Gasteiger partial charge in [-0.05, 0) is 177 Å². The van der Waals surface area contributed by atoms with Gasteiger partial charge in [0.25, 0.3) is 0 Å². The maximum Gasteiger partial charge on any atom is 0.250 e. The topological polar surface area (TPSA) is 8.81 Å². The number of hydrogen-bond donors (Lipinski definition) is 0. The van der Waals surface area contributed by atoms with Crippen LogP contribution >= 0.6 is 15.9 Å². The van der Waals surface area contributed by atoms with Gasteiger partial charge in [-0.15, -0.1) is 7.61 Å². The zero-order valence-electron chi connectivity index (χ0n) is 36.5. The molecule has 0 N–H and O–H groups in total. The monoisotopic (exact) mass is 784 g/mol. The fourth-order valence-electron chi connectivity index (χ4n) is 9.83. The lowest BCUT2D eigenvalue weighted by Crippen LogP contribution is -2.45. The van der Waals surface area contributed by atoms with Crippen molar-refractivity contribution in [3.8, 4) is 44.5 Å². The molecular weight excluding hydrogens is 727 g/mol. The largest absolute Gasteiger partial charge is 0.455 e. The fraction of sp³-hybridized carbons (Fsp3) is 0.264. The molecule has 1 heterocycles. The summed E-state index contributed by atoms with van der Waals surface area (Å²) in [5.74, 6) is 0. The summed E-state index contributed by atoms with van der Waals surface area (Å²) in [7, 11) is 4.71. The van der Waals surface area contributed by atoms with E-state index in [2.05, 4.69) is 204 Å². The molecule has 1 unspecified atom stereocenters. The standard InChI is InChI=1S/C53H58N2P2/c1-31-23-35(5)47(36(6)24-31)43-17-15-18-44(48-37(7)25-32(2)26-38(48)8)51(43)56-57(53-54(13)21-22-55(53)14)52-45(49-39(9)27-33(3)28-40(49)10)19-16-20-46(52)50-41(11)29-34(4)30-42(50)12/h15-30H,1-14H3. The molecule has 0 bridgehead atoms. The number of benzene rings is 6. The predicted octanol–water partition coefficient (Wildman–Crippen LogP) is 12.8. The minimum absolute atomic E-state index is 1.05. The normalized spacial score (nSPS) is 12.2. The molecule has 290 valence electrons. The molecule has 0 fully saturated rings. The zero-order chi connectivity index (χ0) is 41.0. The van der Waals surface area contributed by atoms with Crippen LogP contribution in [0.5, 0.6) is 0 Å².